The third-order valence-corrected chi connectivity index (χ3v) is 4.40. The summed E-state index contributed by atoms with van der Waals surface area (Å²) in [5.41, 5.74) is 0.867. The van der Waals surface area contributed by atoms with Gasteiger partial charge in [-0.15, -0.1) is 12.4 Å². The van der Waals surface area contributed by atoms with Gasteiger partial charge < -0.3 is 14.5 Å². The minimum atomic E-state index is -0.686. The van der Waals surface area contributed by atoms with Crippen LogP contribution < -0.4 is 0 Å². The van der Waals surface area contributed by atoms with E-state index in [-0.39, 0.29) is 18.3 Å². The van der Waals surface area contributed by atoms with Crippen LogP contribution in [0, 0.1) is 5.92 Å². The Balaban J connectivity index is 0.00000208. The van der Waals surface area contributed by atoms with E-state index >= 15 is 0 Å². The summed E-state index contributed by atoms with van der Waals surface area (Å²) in [4.78, 5) is 17.6. The lowest BCUT2D eigenvalue weighted by atomic mass is 9.97. The molecule has 1 aliphatic rings. The van der Waals surface area contributed by atoms with Gasteiger partial charge in [-0.25, -0.2) is 0 Å². The number of rotatable bonds is 5. The van der Waals surface area contributed by atoms with E-state index in [1.54, 1.807) is 12.1 Å². The van der Waals surface area contributed by atoms with E-state index in [2.05, 4.69) is 15.0 Å². The second kappa shape index (κ2) is 8.46. The Bertz CT molecular complexity index is 667. The van der Waals surface area contributed by atoms with Gasteiger partial charge in [0.25, 0.3) is 0 Å². The molecule has 0 spiro atoms. The lowest BCUT2D eigenvalue weighted by molar-refractivity contribution is -0.143. The van der Waals surface area contributed by atoms with Crippen LogP contribution in [-0.4, -0.2) is 45.8 Å². The Kier molecular flexibility index (Phi) is 6.60. The highest BCUT2D eigenvalue weighted by molar-refractivity contribution is 6.30. The van der Waals surface area contributed by atoms with Gasteiger partial charge in [0.05, 0.1) is 5.92 Å². The Morgan fingerprint density at radius 3 is 2.58 bits per heavy atom. The highest BCUT2D eigenvalue weighted by Crippen LogP contribution is 2.20. The van der Waals surface area contributed by atoms with Crippen LogP contribution in [0.2, 0.25) is 5.02 Å². The number of halogens is 2. The van der Waals surface area contributed by atoms with Crippen molar-refractivity contribution in [1.29, 1.82) is 0 Å². The van der Waals surface area contributed by atoms with Gasteiger partial charge >= 0.3 is 5.97 Å². The zero-order valence-electron chi connectivity index (χ0n) is 13.0. The van der Waals surface area contributed by atoms with Crippen molar-refractivity contribution in [3.8, 4) is 11.4 Å². The smallest absolute Gasteiger partial charge is 0.306 e. The minimum absolute atomic E-state index is 0. The third-order valence-electron chi connectivity index (χ3n) is 4.15. The molecular formula is C16H19Cl2N3O3. The number of carboxylic acids is 1. The third kappa shape index (κ3) is 4.69. The quantitative estimate of drug-likeness (QED) is 0.869. The predicted molar refractivity (Wildman–Crippen MR) is 92.5 cm³/mol. The second-order valence-corrected chi connectivity index (χ2v) is 6.16. The molecule has 0 bridgehead atoms. The molecule has 2 heterocycles. The molecule has 0 aliphatic carbocycles. The number of carbonyl (C=O) groups is 1. The van der Waals surface area contributed by atoms with E-state index < -0.39 is 5.97 Å². The summed E-state index contributed by atoms with van der Waals surface area (Å²) in [5, 5.41) is 13.7. The topological polar surface area (TPSA) is 79.5 Å². The molecule has 130 valence electrons. The van der Waals surface area contributed by atoms with Crippen molar-refractivity contribution < 1.29 is 14.4 Å². The fourth-order valence-corrected chi connectivity index (χ4v) is 2.86. The van der Waals surface area contributed by atoms with E-state index in [9.17, 15) is 4.79 Å². The summed E-state index contributed by atoms with van der Waals surface area (Å²) in [6.45, 7) is 2.40. The van der Waals surface area contributed by atoms with Gasteiger partial charge in [-0.3, -0.25) is 4.79 Å². The standard InChI is InChI=1S/C16H18ClN3O3.ClH/c17-13-3-1-11(2-4-13)15-18-14(23-19-15)7-10-20-8-5-12(6-9-20)16(21)22;/h1-4,12H,5-10H2,(H,21,22);1H. The van der Waals surface area contributed by atoms with Crippen LogP contribution >= 0.6 is 24.0 Å². The van der Waals surface area contributed by atoms with Crippen molar-refractivity contribution in [2.75, 3.05) is 19.6 Å². The molecule has 0 unspecified atom stereocenters. The monoisotopic (exact) mass is 371 g/mol. The van der Waals surface area contributed by atoms with E-state index in [1.165, 1.54) is 0 Å². The number of aromatic nitrogens is 2. The molecule has 0 radical (unpaired) electrons. The average molecular weight is 372 g/mol. The zero-order chi connectivity index (χ0) is 16.2. The van der Waals surface area contributed by atoms with Gasteiger partial charge in [0.1, 0.15) is 0 Å². The minimum Gasteiger partial charge on any atom is -0.481 e. The number of piperidine rings is 1. The highest BCUT2D eigenvalue weighted by atomic mass is 35.5. The zero-order valence-corrected chi connectivity index (χ0v) is 14.6. The number of hydrogen-bond acceptors (Lipinski definition) is 5. The maximum atomic E-state index is 10.9. The van der Waals surface area contributed by atoms with Crippen LogP contribution in [0.5, 0.6) is 0 Å². The fourth-order valence-electron chi connectivity index (χ4n) is 2.73. The van der Waals surface area contributed by atoms with Crippen molar-refractivity contribution in [3.63, 3.8) is 0 Å². The first-order valence-electron chi connectivity index (χ1n) is 7.65. The normalized spacial score (nSPS) is 15.9. The predicted octanol–water partition coefficient (Wildman–Crippen LogP) is 3.15. The molecule has 24 heavy (non-hydrogen) atoms. The number of hydrogen-bond donors (Lipinski definition) is 1. The van der Waals surface area contributed by atoms with Crippen LogP contribution in [0.1, 0.15) is 18.7 Å². The largest absolute Gasteiger partial charge is 0.481 e. The molecule has 1 aromatic heterocycles. The molecule has 6 nitrogen and oxygen atoms in total. The molecule has 8 heteroatoms. The first-order chi connectivity index (χ1) is 11.1. The van der Waals surface area contributed by atoms with Crippen molar-refractivity contribution in [1.82, 2.24) is 15.0 Å². The highest BCUT2D eigenvalue weighted by Gasteiger charge is 2.24. The van der Waals surface area contributed by atoms with Gasteiger partial charge in [-0.1, -0.05) is 16.8 Å². The van der Waals surface area contributed by atoms with Crippen molar-refractivity contribution in [2.24, 2.45) is 5.92 Å². The molecular weight excluding hydrogens is 353 g/mol. The first-order valence-corrected chi connectivity index (χ1v) is 8.03. The van der Waals surface area contributed by atoms with Gasteiger partial charge in [0.2, 0.25) is 11.7 Å². The second-order valence-electron chi connectivity index (χ2n) is 5.72. The molecule has 1 aliphatic heterocycles. The number of likely N-dealkylation sites (tertiary alicyclic amines) is 1. The van der Waals surface area contributed by atoms with Gasteiger partial charge in [-0.2, -0.15) is 4.98 Å². The Morgan fingerprint density at radius 1 is 1.29 bits per heavy atom. The molecule has 0 atom stereocenters. The molecule has 1 N–H and O–H groups in total. The summed E-state index contributed by atoms with van der Waals surface area (Å²) in [6, 6.07) is 7.29. The SMILES string of the molecule is Cl.O=C(O)C1CCN(CCc2nc(-c3ccc(Cl)cc3)no2)CC1. The summed E-state index contributed by atoms with van der Waals surface area (Å²) >= 11 is 5.86. The van der Waals surface area contributed by atoms with Crippen LogP contribution in [0.15, 0.2) is 28.8 Å². The lowest BCUT2D eigenvalue weighted by Crippen LogP contribution is -2.37. The van der Waals surface area contributed by atoms with Crippen LogP contribution in [-0.2, 0) is 11.2 Å². The lowest BCUT2D eigenvalue weighted by Gasteiger charge is -2.29. The summed E-state index contributed by atoms with van der Waals surface area (Å²) < 4.78 is 5.28. The van der Waals surface area contributed by atoms with Crippen molar-refractivity contribution in [2.45, 2.75) is 19.3 Å². The van der Waals surface area contributed by atoms with E-state index in [1.807, 2.05) is 12.1 Å². The first kappa shape index (κ1) is 18.7. The molecule has 1 aromatic carbocycles. The summed E-state index contributed by atoms with van der Waals surface area (Å²) in [6.07, 6.45) is 2.07. The number of aliphatic carboxylic acids is 1. The Morgan fingerprint density at radius 2 is 1.96 bits per heavy atom. The van der Waals surface area contributed by atoms with Gasteiger partial charge in [0.15, 0.2) is 0 Å². The van der Waals surface area contributed by atoms with E-state index in [0.29, 0.717) is 36.0 Å². The molecule has 1 saturated heterocycles. The Labute approximate surface area is 151 Å². The summed E-state index contributed by atoms with van der Waals surface area (Å²) in [5.74, 6) is 0.261. The van der Waals surface area contributed by atoms with E-state index in [0.717, 1.165) is 25.2 Å². The number of benzene rings is 1. The van der Waals surface area contributed by atoms with Crippen molar-refractivity contribution in [3.05, 3.63) is 35.2 Å². The molecule has 3 rings (SSSR count). The fraction of sp³-hybridized carbons (Fsp3) is 0.438. The van der Waals surface area contributed by atoms with Gasteiger partial charge in [0, 0.05) is 23.6 Å². The molecule has 0 saturated carbocycles. The maximum Gasteiger partial charge on any atom is 0.306 e. The molecule has 0 amide bonds. The van der Waals surface area contributed by atoms with E-state index in [4.69, 9.17) is 21.2 Å². The van der Waals surface area contributed by atoms with Crippen LogP contribution in [0.25, 0.3) is 11.4 Å². The molecule has 1 fully saturated rings. The maximum absolute atomic E-state index is 10.9. The van der Waals surface area contributed by atoms with Crippen LogP contribution in [0.4, 0.5) is 0 Å². The average Bonchev–Trinajstić information content (AvgIpc) is 3.03. The van der Waals surface area contributed by atoms with Gasteiger partial charge in [-0.05, 0) is 50.2 Å². The van der Waals surface area contributed by atoms with Crippen molar-refractivity contribution >= 4 is 30.0 Å². The van der Waals surface area contributed by atoms with Crippen LogP contribution in [0.3, 0.4) is 0 Å². The number of nitrogens with zero attached hydrogens (tertiary/aromatic N) is 3. The number of carboxylic acid groups (broad SMARTS) is 1. The Hall–Kier alpha value is -1.63. The summed E-state index contributed by atoms with van der Waals surface area (Å²) in [7, 11) is 0. The molecule has 2 aromatic rings.